The van der Waals surface area contributed by atoms with Gasteiger partial charge in [-0.25, -0.2) is 0 Å². The number of nitrogens with two attached hydrogens (primary N) is 1. The van der Waals surface area contributed by atoms with E-state index in [2.05, 4.69) is 29.6 Å². The molecule has 1 aliphatic rings. The van der Waals surface area contributed by atoms with Crippen LogP contribution in [0.25, 0.3) is 10.1 Å². The molecule has 1 nitrogen and oxygen atoms in total. The van der Waals surface area contributed by atoms with E-state index in [1.165, 1.54) is 15.6 Å². The highest BCUT2D eigenvalue weighted by molar-refractivity contribution is 7.17. The monoisotopic (exact) mass is 189 g/mol. The highest BCUT2D eigenvalue weighted by Crippen LogP contribution is 2.43. The molecule has 0 radical (unpaired) electrons. The second-order valence-electron chi connectivity index (χ2n) is 3.83. The van der Waals surface area contributed by atoms with Gasteiger partial charge in [0, 0.05) is 10.2 Å². The van der Waals surface area contributed by atoms with Crippen LogP contribution >= 0.6 is 11.3 Å². The number of thiophene rings is 1. The second-order valence-corrected chi connectivity index (χ2v) is 4.78. The Labute approximate surface area is 81.2 Å². The highest BCUT2D eigenvalue weighted by atomic mass is 32.1. The first-order valence-corrected chi connectivity index (χ1v) is 5.43. The van der Waals surface area contributed by atoms with Crippen molar-refractivity contribution in [1.82, 2.24) is 0 Å². The Bertz CT molecular complexity index is 454. The van der Waals surface area contributed by atoms with Crippen LogP contribution in [0.15, 0.2) is 29.6 Å². The van der Waals surface area contributed by atoms with Crippen LogP contribution in [0.5, 0.6) is 0 Å². The molecule has 0 saturated heterocycles. The van der Waals surface area contributed by atoms with Crippen molar-refractivity contribution in [2.75, 3.05) is 0 Å². The average Bonchev–Trinajstić information content (AvgIpc) is 2.74. The largest absolute Gasteiger partial charge is 0.321 e. The quantitative estimate of drug-likeness (QED) is 0.733. The third-order valence-corrected chi connectivity index (χ3v) is 3.71. The smallest absolute Gasteiger partial charge is 0.0411 e. The number of fused-ring (bicyclic) bond motifs is 1. The molecule has 1 aromatic carbocycles. The van der Waals surface area contributed by atoms with Gasteiger partial charge in [0.15, 0.2) is 0 Å². The minimum Gasteiger partial charge on any atom is -0.321 e. The van der Waals surface area contributed by atoms with Crippen molar-refractivity contribution in [3.63, 3.8) is 0 Å². The Morgan fingerprint density at radius 1 is 1.23 bits per heavy atom. The van der Waals surface area contributed by atoms with E-state index in [4.69, 9.17) is 5.73 Å². The maximum atomic E-state index is 6.13. The number of rotatable bonds is 1. The van der Waals surface area contributed by atoms with Gasteiger partial charge in [0.1, 0.15) is 0 Å². The van der Waals surface area contributed by atoms with Crippen LogP contribution < -0.4 is 5.73 Å². The minimum atomic E-state index is 0.0100. The fraction of sp³-hybridized carbons (Fsp3) is 0.273. The fourth-order valence-corrected chi connectivity index (χ4v) is 2.47. The summed E-state index contributed by atoms with van der Waals surface area (Å²) in [4.78, 5) is 0. The van der Waals surface area contributed by atoms with E-state index in [1.54, 1.807) is 11.3 Å². The molecule has 2 aromatic rings. The van der Waals surface area contributed by atoms with Gasteiger partial charge in [-0.05, 0) is 47.4 Å². The molecule has 0 atom stereocenters. The molecule has 1 heterocycles. The highest BCUT2D eigenvalue weighted by Gasteiger charge is 2.39. The van der Waals surface area contributed by atoms with E-state index in [-0.39, 0.29) is 5.54 Å². The summed E-state index contributed by atoms with van der Waals surface area (Å²) in [5.74, 6) is 0. The first-order chi connectivity index (χ1) is 6.28. The Morgan fingerprint density at radius 2 is 2.08 bits per heavy atom. The van der Waals surface area contributed by atoms with Crippen molar-refractivity contribution in [3.05, 3.63) is 35.2 Å². The lowest BCUT2D eigenvalue weighted by atomic mass is 10.0. The van der Waals surface area contributed by atoms with Gasteiger partial charge in [-0.15, -0.1) is 11.3 Å². The van der Waals surface area contributed by atoms with Crippen molar-refractivity contribution in [2.45, 2.75) is 18.4 Å². The zero-order chi connectivity index (χ0) is 8.89. The summed E-state index contributed by atoms with van der Waals surface area (Å²) in [6.07, 6.45) is 2.28. The Balaban J connectivity index is 2.20. The molecule has 3 rings (SSSR count). The van der Waals surface area contributed by atoms with Gasteiger partial charge < -0.3 is 5.73 Å². The van der Waals surface area contributed by atoms with E-state index >= 15 is 0 Å². The number of hydrogen-bond acceptors (Lipinski definition) is 2. The second kappa shape index (κ2) is 2.34. The van der Waals surface area contributed by atoms with Crippen LogP contribution in [0.2, 0.25) is 0 Å². The third-order valence-electron chi connectivity index (χ3n) is 2.82. The minimum absolute atomic E-state index is 0.0100. The van der Waals surface area contributed by atoms with E-state index in [0.29, 0.717) is 0 Å². The molecular formula is C11H11NS. The van der Waals surface area contributed by atoms with Crippen molar-refractivity contribution < 1.29 is 0 Å². The average molecular weight is 189 g/mol. The Hall–Kier alpha value is -0.860. The van der Waals surface area contributed by atoms with Crippen molar-refractivity contribution in [1.29, 1.82) is 0 Å². The molecule has 13 heavy (non-hydrogen) atoms. The normalized spacial score (nSPS) is 19.2. The number of hydrogen-bond donors (Lipinski definition) is 1. The third kappa shape index (κ3) is 1.10. The first-order valence-electron chi connectivity index (χ1n) is 4.55. The summed E-state index contributed by atoms with van der Waals surface area (Å²) in [7, 11) is 0. The summed E-state index contributed by atoms with van der Waals surface area (Å²) in [6.45, 7) is 0. The summed E-state index contributed by atoms with van der Waals surface area (Å²) in [5.41, 5.74) is 7.45. The fourth-order valence-electron chi connectivity index (χ4n) is 1.70. The molecule has 0 spiro atoms. The maximum absolute atomic E-state index is 6.13. The van der Waals surface area contributed by atoms with Crippen molar-refractivity contribution >= 4 is 21.4 Å². The van der Waals surface area contributed by atoms with Gasteiger partial charge >= 0.3 is 0 Å². The van der Waals surface area contributed by atoms with Gasteiger partial charge in [0.2, 0.25) is 0 Å². The summed E-state index contributed by atoms with van der Waals surface area (Å²) in [6, 6.07) is 8.75. The lowest BCUT2D eigenvalue weighted by Crippen LogP contribution is -2.18. The molecule has 1 aromatic heterocycles. The van der Waals surface area contributed by atoms with Gasteiger partial charge in [-0.3, -0.25) is 0 Å². The topological polar surface area (TPSA) is 26.0 Å². The van der Waals surface area contributed by atoms with Gasteiger partial charge in [0.05, 0.1) is 0 Å². The zero-order valence-electron chi connectivity index (χ0n) is 7.29. The van der Waals surface area contributed by atoms with Crippen LogP contribution in [-0.4, -0.2) is 0 Å². The summed E-state index contributed by atoms with van der Waals surface area (Å²) < 4.78 is 1.35. The first kappa shape index (κ1) is 7.54. The van der Waals surface area contributed by atoms with Crippen LogP contribution in [0.1, 0.15) is 18.4 Å². The van der Waals surface area contributed by atoms with Crippen LogP contribution in [0, 0.1) is 0 Å². The van der Waals surface area contributed by atoms with Crippen LogP contribution in [0.4, 0.5) is 0 Å². The van der Waals surface area contributed by atoms with Crippen LogP contribution in [0.3, 0.4) is 0 Å². The molecule has 1 aliphatic carbocycles. The van der Waals surface area contributed by atoms with Crippen molar-refractivity contribution in [3.8, 4) is 0 Å². The SMILES string of the molecule is NC1(c2ccc3sccc3c2)CC1. The van der Waals surface area contributed by atoms with Crippen LogP contribution in [-0.2, 0) is 5.54 Å². The molecule has 0 aliphatic heterocycles. The molecule has 1 fully saturated rings. The Kier molecular flexibility index (Phi) is 1.35. The molecular weight excluding hydrogens is 178 g/mol. The van der Waals surface area contributed by atoms with E-state index in [1.807, 2.05) is 0 Å². The zero-order valence-corrected chi connectivity index (χ0v) is 8.10. The lowest BCUT2D eigenvalue weighted by molar-refractivity contribution is 0.741. The standard InChI is InChI=1S/C11H11NS/c12-11(4-5-11)9-1-2-10-8(7-9)3-6-13-10/h1-3,6-7H,4-5,12H2. The van der Waals surface area contributed by atoms with E-state index < -0.39 is 0 Å². The molecule has 0 unspecified atom stereocenters. The molecule has 2 heteroatoms. The van der Waals surface area contributed by atoms with E-state index in [9.17, 15) is 0 Å². The van der Waals surface area contributed by atoms with Gasteiger partial charge in [-0.1, -0.05) is 6.07 Å². The maximum Gasteiger partial charge on any atom is 0.0411 e. The van der Waals surface area contributed by atoms with Crippen molar-refractivity contribution in [2.24, 2.45) is 5.73 Å². The summed E-state index contributed by atoms with van der Waals surface area (Å²) in [5, 5.41) is 3.46. The molecule has 2 N–H and O–H groups in total. The van der Waals surface area contributed by atoms with Gasteiger partial charge in [-0.2, -0.15) is 0 Å². The molecule has 0 amide bonds. The lowest BCUT2D eigenvalue weighted by Gasteiger charge is -2.08. The van der Waals surface area contributed by atoms with Gasteiger partial charge in [0.25, 0.3) is 0 Å². The molecule has 66 valence electrons. The predicted octanol–water partition coefficient (Wildman–Crippen LogP) is 2.85. The van der Waals surface area contributed by atoms with E-state index in [0.717, 1.165) is 12.8 Å². The predicted molar refractivity (Wildman–Crippen MR) is 56.9 cm³/mol. The molecule has 1 saturated carbocycles. The Morgan fingerprint density at radius 3 is 2.85 bits per heavy atom. The summed E-state index contributed by atoms with van der Waals surface area (Å²) >= 11 is 1.79. The number of benzene rings is 1. The molecule has 0 bridgehead atoms.